The number of hydrogen-bond donors (Lipinski definition) is 0. The molecular weight excluding hydrogens is 266 g/mol. The van der Waals surface area contributed by atoms with Crippen molar-refractivity contribution in [3.63, 3.8) is 0 Å². The predicted octanol–water partition coefficient (Wildman–Crippen LogP) is 3.22. The molecule has 4 nitrogen and oxygen atoms in total. The third kappa shape index (κ3) is 2.01. The van der Waals surface area contributed by atoms with Gasteiger partial charge in [-0.15, -0.1) is 0 Å². The second-order valence-corrected chi connectivity index (χ2v) is 5.27. The maximum Gasteiger partial charge on any atom is 0.235 e. The molecule has 5 heteroatoms. The molecule has 0 amide bonds. The van der Waals surface area contributed by atoms with Crippen molar-refractivity contribution in [1.82, 2.24) is 0 Å². The number of rotatable bonds is 2. The van der Waals surface area contributed by atoms with Gasteiger partial charge in [0.1, 0.15) is 13.2 Å². The van der Waals surface area contributed by atoms with Crippen molar-refractivity contribution in [1.29, 1.82) is 0 Å². The largest absolute Gasteiger partial charge is 0.486 e. The maximum absolute atomic E-state index is 10.7. The summed E-state index contributed by atoms with van der Waals surface area (Å²) in [6, 6.07) is 3.73. The average Bonchev–Trinajstić information content (AvgIpc) is 2.89. The molecule has 3 rings (SSSR count). The van der Waals surface area contributed by atoms with Crippen LogP contribution in [0.4, 0.5) is 0 Å². The van der Waals surface area contributed by atoms with Gasteiger partial charge in [0, 0.05) is 5.56 Å². The van der Waals surface area contributed by atoms with Gasteiger partial charge in [-0.05, 0) is 18.9 Å². The SMILES string of the molecule is O=C=NC1(c2ccc3c(c2Cl)OCCO3)CCCC1. The zero-order valence-corrected chi connectivity index (χ0v) is 11.2. The van der Waals surface area contributed by atoms with Gasteiger partial charge in [0.2, 0.25) is 6.08 Å². The lowest BCUT2D eigenvalue weighted by Gasteiger charge is -2.27. The van der Waals surface area contributed by atoms with Crippen molar-refractivity contribution in [2.45, 2.75) is 31.2 Å². The Bertz CT molecular complexity index is 546. The summed E-state index contributed by atoms with van der Waals surface area (Å²) in [5.74, 6) is 1.22. The molecule has 0 unspecified atom stereocenters. The summed E-state index contributed by atoms with van der Waals surface area (Å²) in [4.78, 5) is 14.8. The second-order valence-electron chi connectivity index (χ2n) is 4.89. The van der Waals surface area contributed by atoms with E-state index in [1.54, 1.807) is 6.08 Å². The molecule has 1 saturated carbocycles. The van der Waals surface area contributed by atoms with E-state index >= 15 is 0 Å². The molecule has 0 spiro atoms. The Balaban J connectivity index is 2.12. The first kappa shape index (κ1) is 12.5. The van der Waals surface area contributed by atoms with E-state index in [-0.39, 0.29) is 0 Å². The zero-order chi connectivity index (χ0) is 13.3. The fourth-order valence-corrected chi connectivity index (χ4v) is 3.32. The van der Waals surface area contributed by atoms with Gasteiger partial charge in [-0.1, -0.05) is 30.5 Å². The molecule has 0 radical (unpaired) electrons. The Morgan fingerprint density at radius 1 is 1.21 bits per heavy atom. The van der Waals surface area contributed by atoms with Gasteiger partial charge in [-0.3, -0.25) is 0 Å². The lowest BCUT2D eigenvalue weighted by molar-refractivity contribution is 0.171. The average molecular weight is 280 g/mol. The normalized spacial score (nSPS) is 19.8. The Hall–Kier alpha value is -1.51. The summed E-state index contributed by atoms with van der Waals surface area (Å²) >= 11 is 6.44. The van der Waals surface area contributed by atoms with E-state index in [0.717, 1.165) is 31.2 Å². The molecule has 1 heterocycles. The van der Waals surface area contributed by atoms with Crippen LogP contribution >= 0.6 is 11.6 Å². The highest BCUT2D eigenvalue weighted by molar-refractivity contribution is 6.33. The molecule has 0 N–H and O–H groups in total. The zero-order valence-electron chi connectivity index (χ0n) is 10.4. The first-order valence-corrected chi connectivity index (χ1v) is 6.82. The first-order valence-electron chi connectivity index (χ1n) is 6.44. The molecule has 1 aromatic rings. The Kier molecular flexibility index (Phi) is 3.21. The van der Waals surface area contributed by atoms with Crippen LogP contribution in [0.2, 0.25) is 5.02 Å². The molecule has 19 heavy (non-hydrogen) atoms. The lowest BCUT2D eigenvalue weighted by Crippen LogP contribution is -2.21. The summed E-state index contributed by atoms with van der Waals surface area (Å²) in [5, 5.41) is 0.512. The first-order chi connectivity index (χ1) is 9.27. The van der Waals surface area contributed by atoms with Crippen LogP contribution in [-0.4, -0.2) is 19.3 Å². The number of aliphatic imine (C=N–C) groups is 1. The number of ether oxygens (including phenoxy) is 2. The highest BCUT2D eigenvalue weighted by atomic mass is 35.5. The fraction of sp³-hybridized carbons (Fsp3) is 0.500. The van der Waals surface area contributed by atoms with Crippen LogP contribution < -0.4 is 9.47 Å². The number of carbonyl (C=O) groups excluding carboxylic acids is 1. The van der Waals surface area contributed by atoms with Crippen molar-refractivity contribution < 1.29 is 14.3 Å². The molecule has 1 aliphatic heterocycles. The van der Waals surface area contributed by atoms with Gasteiger partial charge < -0.3 is 9.47 Å². The minimum atomic E-state index is -0.533. The summed E-state index contributed by atoms with van der Waals surface area (Å²) < 4.78 is 11.1. The monoisotopic (exact) mass is 279 g/mol. The van der Waals surface area contributed by atoms with E-state index in [0.29, 0.717) is 29.7 Å². The van der Waals surface area contributed by atoms with Crippen molar-refractivity contribution in [3.05, 3.63) is 22.7 Å². The molecule has 1 fully saturated rings. The van der Waals surface area contributed by atoms with E-state index < -0.39 is 5.54 Å². The number of nitrogens with zero attached hydrogens (tertiary/aromatic N) is 1. The third-order valence-electron chi connectivity index (χ3n) is 3.84. The van der Waals surface area contributed by atoms with Crippen LogP contribution in [0.3, 0.4) is 0 Å². The fourth-order valence-electron chi connectivity index (χ4n) is 2.93. The van der Waals surface area contributed by atoms with Gasteiger partial charge in [-0.2, -0.15) is 4.99 Å². The lowest BCUT2D eigenvalue weighted by atomic mass is 9.88. The number of fused-ring (bicyclic) bond motifs is 1. The number of halogens is 1. The van der Waals surface area contributed by atoms with Crippen molar-refractivity contribution >= 4 is 17.7 Å². The Morgan fingerprint density at radius 2 is 1.95 bits per heavy atom. The molecule has 1 aromatic carbocycles. The topological polar surface area (TPSA) is 47.9 Å². The van der Waals surface area contributed by atoms with E-state index in [4.69, 9.17) is 21.1 Å². The summed E-state index contributed by atoms with van der Waals surface area (Å²) in [6.07, 6.45) is 5.42. The van der Waals surface area contributed by atoms with Crippen molar-refractivity contribution in [2.24, 2.45) is 4.99 Å². The third-order valence-corrected chi connectivity index (χ3v) is 4.22. The molecule has 0 atom stereocenters. The predicted molar refractivity (Wildman–Crippen MR) is 70.7 cm³/mol. The molecule has 100 valence electrons. The molecule has 1 aliphatic carbocycles. The van der Waals surface area contributed by atoms with Gasteiger partial charge in [0.15, 0.2) is 11.5 Å². The Labute approximate surface area is 116 Å². The van der Waals surface area contributed by atoms with Gasteiger partial charge in [-0.25, -0.2) is 4.79 Å². The molecule has 0 aromatic heterocycles. The molecule has 0 bridgehead atoms. The number of benzene rings is 1. The number of hydrogen-bond acceptors (Lipinski definition) is 4. The minimum Gasteiger partial charge on any atom is -0.486 e. The van der Waals surface area contributed by atoms with Crippen LogP contribution in [-0.2, 0) is 10.3 Å². The molecule has 0 saturated heterocycles. The van der Waals surface area contributed by atoms with Gasteiger partial charge in [0.25, 0.3) is 0 Å². The highest BCUT2D eigenvalue weighted by Gasteiger charge is 2.39. The van der Waals surface area contributed by atoms with Gasteiger partial charge in [0.05, 0.1) is 10.6 Å². The maximum atomic E-state index is 10.7. The van der Waals surface area contributed by atoms with Gasteiger partial charge >= 0.3 is 0 Å². The van der Waals surface area contributed by atoms with Crippen LogP contribution in [0.15, 0.2) is 17.1 Å². The van der Waals surface area contributed by atoms with Crippen LogP contribution in [0.25, 0.3) is 0 Å². The Morgan fingerprint density at radius 3 is 2.68 bits per heavy atom. The molecular formula is C14H14ClNO3. The van der Waals surface area contributed by atoms with Crippen LogP contribution in [0.5, 0.6) is 11.5 Å². The summed E-state index contributed by atoms with van der Waals surface area (Å²) in [6.45, 7) is 1.01. The van der Waals surface area contributed by atoms with E-state index in [2.05, 4.69) is 4.99 Å². The smallest absolute Gasteiger partial charge is 0.235 e. The minimum absolute atomic E-state index is 0.486. The summed E-state index contributed by atoms with van der Waals surface area (Å²) in [5.41, 5.74) is 0.313. The van der Waals surface area contributed by atoms with Crippen LogP contribution in [0.1, 0.15) is 31.2 Å². The molecule has 2 aliphatic rings. The number of isocyanates is 1. The second kappa shape index (κ2) is 4.87. The quantitative estimate of drug-likeness (QED) is 0.617. The summed E-state index contributed by atoms with van der Waals surface area (Å²) in [7, 11) is 0. The van der Waals surface area contributed by atoms with E-state index in [1.165, 1.54) is 0 Å². The highest BCUT2D eigenvalue weighted by Crippen LogP contribution is 2.49. The van der Waals surface area contributed by atoms with E-state index in [9.17, 15) is 4.79 Å². The van der Waals surface area contributed by atoms with E-state index in [1.807, 2.05) is 12.1 Å². The standard InChI is InChI=1S/C14H14ClNO3/c15-12-10(14(16-9-17)5-1-2-6-14)3-4-11-13(12)19-8-7-18-11/h3-4H,1-2,5-8H2. The van der Waals surface area contributed by atoms with Crippen molar-refractivity contribution in [2.75, 3.05) is 13.2 Å². The van der Waals surface area contributed by atoms with Crippen LogP contribution in [0, 0.1) is 0 Å². The van der Waals surface area contributed by atoms with Crippen molar-refractivity contribution in [3.8, 4) is 11.5 Å².